The molecule has 0 aromatic heterocycles. The number of halogens is 1. The van der Waals surface area contributed by atoms with Gasteiger partial charge in [-0.1, -0.05) is 47.0 Å². The van der Waals surface area contributed by atoms with Crippen molar-refractivity contribution in [1.29, 1.82) is 0 Å². The largest absolute Gasteiger partial charge is 0.481 e. The number of aliphatic carboxylic acids is 1. The number of nitrogens with two attached hydrogens (primary N) is 1. The summed E-state index contributed by atoms with van der Waals surface area (Å²) in [5.41, 5.74) is 6.23. The van der Waals surface area contributed by atoms with Crippen molar-refractivity contribution in [2.45, 2.75) is 31.6 Å². The van der Waals surface area contributed by atoms with Crippen LogP contribution in [0.2, 0.25) is 0 Å². The van der Waals surface area contributed by atoms with Gasteiger partial charge in [0.25, 0.3) is 0 Å². The van der Waals surface area contributed by atoms with Crippen LogP contribution in [0.25, 0.3) is 0 Å². The second-order valence-electron chi connectivity index (χ2n) is 4.98. The van der Waals surface area contributed by atoms with Gasteiger partial charge < -0.3 is 10.8 Å². The second-order valence-corrected chi connectivity index (χ2v) is 5.83. The highest BCUT2D eigenvalue weighted by molar-refractivity contribution is 9.10. The number of hydrogen-bond donors (Lipinski definition) is 2. The van der Waals surface area contributed by atoms with Gasteiger partial charge in [-0.2, -0.15) is 0 Å². The molecule has 0 bridgehead atoms. The molecule has 3 N–H and O–H groups in total. The SMILES string of the molecule is NC[C@H](c1ccccc1Br)C1(C(=O)O)CCCC1. The summed E-state index contributed by atoms with van der Waals surface area (Å²) >= 11 is 3.51. The summed E-state index contributed by atoms with van der Waals surface area (Å²) in [6.07, 6.45) is 3.41. The third kappa shape index (κ3) is 2.19. The minimum absolute atomic E-state index is 0.118. The number of carboxylic acid groups (broad SMARTS) is 1. The van der Waals surface area contributed by atoms with Gasteiger partial charge in [-0.05, 0) is 24.5 Å². The zero-order chi connectivity index (χ0) is 13.2. The van der Waals surface area contributed by atoms with Gasteiger partial charge in [0.05, 0.1) is 5.41 Å². The van der Waals surface area contributed by atoms with Crippen molar-refractivity contribution in [2.75, 3.05) is 6.54 Å². The zero-order valence-electron chi connectivity index (χ0n) is 10.2. The average molecular weight is 312 g/mol. The molecule has 0 aliphatic heterocycles. The molecule has 4 heteroatoms. The molecule has 1 fully saturated rings. The molecule has 3 nitrogen and oxygen atoms in total. The van der Waals surface area contributed by atoms with Gasteiger partial charge in [-0.3, -0.25) is 4.79 Å². The van der Waals surface area contributed by atoms with Crippen LogP contribution < -0.4 is 5.73 Å². The normalized spacial score (nSPS) is 19.7. The number of carboxylic acids is 1. The van der Waals surface area contributed by atoms with Gasteiger partial charge in [0.2, 0.25) is 0 Å². The molecule has 1 saturated carbocycles. The van der Waals surface area contributed by atoms with Crippen LogP contribution in [0.1, 0.15) is 37.2 Å². The number of rotatable bonds is 4. The van der Waals surface area contributed by atoms with Crippen molar-refractivity contribution < 1.29 is 9.90 Å². The Morgan fingerprint density at radius 1 is 1.39 bits per heavy atom. The van der Waals surface area contributed by atoms with Crippen molar-refractivity contribution in [3.63, 3.8) is 0 Å². The van der Waals surface area contributed by atoms with Crippen molar-refractivity contribution in [3.8, 4) is 0 Å². The molecule has 1 aliphatic carbocycles. The first-order chi connectivity index (χ1) is 8.62. The van der Waals surface area contributed by atoms with E-state index in [-0.39, 0.29) is 5.92 Å². The zero-order valence-corrected chi connectivity index (χ0v) is 11.8. The smallest absolute Gasteiger partial charge is 0.310 e. The van der Waals surface area contributed by atoms with E-state index in [1.54, 1.807) is 0 Å². The summed E-state index contributed by atoms with van der Waals surface area (Å²) in [6, 6.07) is 7.80. The van der Waals surface area contributed by atoms with Gasteiger partial charge in [-0.15, -0.1) is 0 Å². The van der Waals surface area contributed by atoms with E-state index in [4.69, 9.17) is 5.73 Å². The Morgan fingerprint density at radius 2 is 2.00 bits per heavy atom. The lowest BCUT2D eigenvalue weighted by atomic mass is 9.70. The Hall–Kier alpha value is -0.870. The van der Waals surface area contributed by atoms with E-state index in [0.29, 0.717) is 6.54 Å². The molecule has 1 atom stereocenters. The Kier molecular flexibility index (Phi) is 4.07. The monoisotopic (exact) mass is 311 g/mol. The summed E-state index contributed by atoms with van der Waals surface area (Å²) in [4.78, 5) is 11.7. The summed E-state index contributed by atoms with van der Waals surface area (Å²) < 4.78 is 0.952. The molecule has 1 aromatic carbocycles. The van der Waals surface area contributed by atoms with E-state index in [2.05, 4.69) is 15.9 Å². The lowest BCUT2D eigenvalue weighted by Crippen LogP contribution is -2.38. The topological polar surface area (TPSA) is 63.3 Å². The number of carbonyl (C=O) groups is 1. The fraction of sp³-hybridized carbons (Fsp3) is 0.500. The molecule has 1 aromatic rings. The van der Waals surface area contributed by atoms with Crippen LogP contribution in [0.4, 0.5) is 0 Å². The molecule has 1 aliphatic rings. The number of benzene rings is 1. The van der Waals surface area contributed by atoms with Crippen LogP contribution in [-0.4, -0.2) is 17.6 Å². The predicted octanol–water partition coefficient (Wildman–Crippen LogP) is 3.14. The summed E-state index contributed by atoms with van der Waals surface area (Å²) in [5.74, 6) is -0.820. The molecular weight excluding hydrogens is 294 g/mol. The van der Waals surface area contributed by atoms with Crippen LogP contribution >= 0.6 is 15.9 Å². The maximum Gasteiger partial charge on any atom is 0.310 e. The minimum Gasteiger partial charge on any atom is -0.481 e. The highest BCUT2D eigenvalue weighted by Gasteiger charge is 2.48. The molecule has 0 unspecified atom stereocenters. The van der Waals surface area contributed by atoms with E-state index in [1.807, 2.05) is 24.3 Å². The molecule has 18 heavy (non-hydrogen) atoms. The summed E-state index contributed by atoms with van der Waals surface area (Å²) in [6.45, 7) is 0.370. The van der Waals surface area contributed by atoms with Crippen molar-refractivity contribution in [1.82, 2.24) is 0 Å². The quantitative estimate of drug-likeness (QED) is 0.898. The molecular formula is C14H18BrNO2. The Labute approximate surface area is 116 Å². The van der Waals surface area contributed by atoms with Gasteiger partial charge in [0.15, 0.2) is 0 Å². The van der Waals surface area contributed by atoms with Crippen LogP contribution in [-0.2, 0) is 4.79 Å². The Morgan fingerprint density at radius 3 is 2.50 bits per heavy atom. The van der Waals surface area contributed by atoms with Crippen molar-refractivity contribution >= 4 is 21.9 Å². The highest BCUT2D eigenvalue weighted by Crippen LogP contribution is 2.49. The Balaban J connectivity index is 2.44. The summed E-state index contributed by atoms with van der Waals surface area (Å²) in [5, 5.41) is 9.65. The standard InChI is InChI=1S/C14H18BrNO2/c15-12-6-2-1-5-10(12)11(9-16)14(13(17)18)7-3-4-8-14/h1-2,5-6,11H,3-4,7-9,16H2,(H,17,18)/t11-/m1/s1. The lowest BCUT2D eigenvalue weighted by Gasteiger charge is -2.33. The minimum atomic E-state index is -0.703. The highest BCUT2D eigenvalue weighted by atomic mass is 79.9. The van der Waals surface area contributed by atoms with Crippen molar-refractivity contribution in [2.24, 2.45) is 11.1 Å². The fourth-order valence-electron chi connectivity index (χ4n) is 3.13. The third-order valence-corrected chi connectivity index (χ3v) is 4.83. The molecule has 98 valence electrons. The van der Waals surface area contributed by atoms with Crippen LogP contribution in [0, 0.1) is 5.41 Å². The van der Waals surface area contributed by atoms with Crippen LogP contribution in [0.5, 0.6) is 0 Å². The van der Waals surface area contributed by atoms with E-state index in [1.165, 1.54) is 0 Å². The number of hydrogen-bond acceptors (Lipinski definition) is 2. The Bertz CT molecular complexity index is 441. The van der Waals surface area contributed by atoms with Crippen LogP contribution in [0.15, 0.2) is 28.7 Å². The van der Waals surface area contributed by atoms with E-state index < -0.39 is 11.4 Å². The van der Waals surface area contributed by atoms with Gasteiger partial charge >= 0.3 is 5.97 Å². The van der Waals surface area contributed by atoms with Gasteiger partial charge in [0.1, 0.15) is 0 Å². The van der Waals surface area contributed by atoms with Crippen LogP contribution in [0.3, 0.4) is 0 Å². The lowest BCUT2D eigenvalue weighted by molar-refractivity contribution is -0.150. The first kappa shape index (κ1) is 13.6. The molecule has 0 radical (unpaired) electrons. The van der Waals surface area contributed by atoms with Gasteiger partial charge in [0, 0.05) is 16.9 Å². The molecule has 0 spiro atoms. The first-order valence-corrected chi connectivity index (χ1v) is 7.09. The summed E-state index contributed by atoms with van der Waals surface area (Å²) in [7, 11) is 0. The fourth-order valence-corrected chi connectivity index (χ4v) is 3.69. The molecule has 0 saturated heterocycles. The third-order valence-electron chi connectivity index (χ3n) is 4.11. The van der Waals surface area contributed by atoms with E-state index in [0.717, 1.165) is 35.7 Å². The first-order valence-electron chi connectivity index (χ1n) is 6.30. The maximum absolute atomic E-state index is 11.7. The maximum atomic E-state index is 11.7. The molecule has 0 heterocycles. The predicted molar refractivity (Wildman–Crippen MR) is 74.5 cm³/mol. The second kappa shape index (κ2) is 5.41. The molecule has 2 rings (SSSR count). The van der Waals surface area contributed by atoms with E-state index in [9.17, 15) is 9.90 Å². The van der Waals surface area contributed by atoms with Crippen molar-refractivity contribution in [3.05, 3.63) is 34.3 Å². The average Bonchev–Trinajstić information content (AvgIpc) is 2.83. The van der Waals surface area contributed by atoms with Gasteiger partial charge in [-0.25, -0.2) is 0 Å². The molecule has 0 amide bonds. The van der Waals surface area contributed by atoms with E-state index >= 15 is 0 Å².